The topological polar surface area (TPSA) is 53.4 Å². The molecule has 1 fully saturated rings. The van der Waals surface area contributed by atoms with Gasteiger partial charge >= 0.3 is 6.18 Å². The smallest absolute Gasteiger partial charge is 0.322 e. The zero-order valence-electron chi connectivity index (χ0n) is 18.6. The summed E-state index contributed by atoms with van der Waals surface area (Å²) in [6.45, 7) is 6.59. The molecule has 1 amide bonds. The Morgan fingerprint density at radius 2 is 1.76 bits per heavy atom. The Labute approximate surface area is 190 Å². The van der Waals surface area contributed by atoms with Crippen molar-refractivity contribution < 1.29 is 18.0 Å². The molecule has 2 heterocycles. The molecule has 0 bridgehead atoms. The number of hydrogen-bond donors (Lipinski definition) is 1. The lowest BCUT2D eigenvalue weighted by molar-refractivity contribution is -0.137. The number of rotatable bonds is 5. The maximum atomic E-state index is 13.4. The van der Waals surface area contributed by atoms with Crippen LogP contribution in [0.5, 0.6) is 0 Å². The fourth-order valence-corrected chi connectivity index (χ4v) is 3.79. The van der Waals surface area contributed by atoms with Crippen molar-refractivity contribution in [3.05, 3.63) is 77.4 Å². The van der Waals surface area contributed by atoms with Gasteiger partial charge in [0.1, 0.15) is 0 Å². The summed E-state index contributed by atoms with van der Waals surface area (Å²) in [5.41, 5.74) is 1.64. The summed E-state index contributed by atoms with van der Waals surface area (Å²) in [6, 6.07) is 10.6. The highest BCUT2D eigenvalue weighted by Crippen LogP contribution is 2.33. The predicted molar refractivity (Wildman–Crippen MR) is 120 cm³/mol. The van der Waals surface area contributed by atoms with Gasteiger partial charge < -0.3 is 14.8 Å². The van der Waals surface area contributed by atoms with Crippen molar-refractivity contribution in [3.8, 4) is 5.69 Å². The summed E-state index contributed by atoms with van der Waals surface area (Å²) in [6.07, 6.45) is -1.48. The van der Waals surface area contributed by atoms with Crippen molar-refractivity contribution in [1.82, 2.24) is 19.4 Å². The van der Waals surface area contributed by atoms with Crippen LogP contribution in [0.25, 0.3) is 5.69 Å². The van der Waals surface area contributed by atoms with E-state index in [9.17, 15) is 18.0 Å². The number of nitrogens with one attached hydrogen (secondary N) is 1. The molecule has 174 valence electrons. The van der Waals surface area contributed by atoms with Crippen molar-refractivity contribution in [1.29, 1.82) is 0 Å². The van der Waals surface area contributed by atoms with E-state index in [1.807, 2.05) is 12.1 Å². The summed E-state index contributed by atoms with van der Waals surface area (Å²) >= 11 is 0. The van der Waals surface area contributed by atoms with E-state index in [4.69, 9.17) is 0 Å². The van der Waals surface area contributed by atoms with E-state index in [1.165, 1.54) is 17.0 Å². The molecule has 0 atom stereocenters. The molecular formula is C24H26F3N5O. The first-order valence-corrected chi connectivity index (χ1v) is 10.7. The lowest BCUT2D eigenvalue weighted by atomic mass is 10.1. The molecule has 1 aliphatic heterocycles. The number of likely N-dealkylation sites (N-methyl/N-ethyl adjacent to an activating group) is 1. The van der Waals surface area contributed by atoms with Gasteiger partial charge in [0.15, 0.2) is 0 Å². The molecule has 0 unspecified atom stereocenters. The second-order valence-electron chi connectivity index (χ2n) is 8.42. The van der Waals surface area contributed by atoms with Crippen LogP contribution in [-0.2, 0) is 12.7 Å². The molecule has 0 aliphatic carbocycles. The van der Waals surface area contributed by atoms with Gasteiger partial charge in [-0.25, -0.2) is 4.98 Å². The summed E-state index contributed by atoms with van der Waals surface area (Å²) in [5, 5.41) is 2.60. The Bertz CT molecular complexity index is 1120. The molecule has 9 heteroatoms. The van der Waals surface area contributed by atoms with Crippen molar-refractivity contribution >= 4 is 11.6 Å². The number of halogens is 3. The number of aromatic nitrogens is 2. The Hall–Kier alpha value is -3.17. The summed E-state index contributed by atoms with van der Waals surface area (Å²) in [5.74, 6) is -0.465. The Morgan fingerprint density at radius 3 is 2.36 bits per heavy atom. The lowest BCUT2D eigenvalue weighted by Gasteiger charge is -2.32. The maximum absolute atomic E-state index is 13.4. The monoisotopic (exact) mass is 457 g/mol. The Morgan fingerprint density at radius 1 is 1.06 bits per heavy atom. The largest absolute Gasteiger partial charge is 0.416 e. The van der Waals surface area contributed by atoms with Gasteiger partial charge in [0.25, 0.3) is 5.91 Å². The number of hydrogen-bond acceptors (Lipinski definition) is 4. The zero-order chi connectivity index (χ0) is 23.6. The van der Waals surface area contributed by atoms with Crippen molar-refractivity contribution in [2.45, 2.75) is 19.6 Å². The number of amides is 1. The molecule has 0 spiro atoms. The minimum atomic E-state index is -4.55. The van der Waals surface area contributed by atoms with Gasteiger partial charge in [0.2, 0.25) is 0 Å². The number of piperazine rings is 1. The summed E-state index contributed by atoms with van der Waals surface area (Å²) < 4.78 is 41.8. The van der Waals surface area contributed by atoms with E-state index in [1.54, 1.807) is 25.3 Å². The minimum absolute atomic E-state index is 0.0673. The molecule has 0 radical (unpaired) electrons. The van der Waals surface area contributed by atoms with E-state index in [2.05, 4.69) is 27.1 Å². The van der Waals surface area contributed by atoms with Crippen molar-refractivity contribution in [3.63, 3.8) is 0 Å². The molecular weight excluding hydrogens is 431 g/mol. The standard InChI is InChI=1S/C24H26F3N5O/c1-17-14-32(16-28-17)22-12-20(24(25,26)27)11-21(13-22)29-23(33)19-5-3-18(4-6-19)15-31-9-7-30(2)8-10-31/h3-6,11-14,16H,7-10,15H2,1-2H3,(H,29,33). The van der Waals surface area contributed by atoms with E-state index >= 15 is 0 Å². The van der Waals surface area contributed by atoms with Gasteiger partial charge in [-0.1, -0.05) is 12.1 Å². The van der Waals surface area contributed by atoms with Crippen LogP contribution in [0, 0.1) is 6.92 Å². The molecule has 3 aromatic rings. The SMILES string of the molecule is Cc1cn(-c2cc(NC(=O)c3ccc(CN4CCN(C)CC4)cc3)cc(C(F)(F)F)c2)cn1. The first kappa shape index (κ1) is 23.0. The average molecular weight is 458 g/mol. The zero-order valence-corrected chi connectivity index (χ0v) is 18.6. The number of aryl methyl sites for hydroxylation is 1. The van der Waals surface area contributed by atoms with Crippen LogP contribution >= 0.6 is 0 Å². The normalized spacial score (nSPS) is 15.5. The van der Waals surface area contributed by atoms with Crippen LogP contribution in [0.2, 0.25) is 0 Å². The summed E-state index contributed by atoms with van der Waals surface area (Å²) in [7, 11) is 2.11. The van der Waals surface area contributed by atoms with Gasteiger partial charge in [-0.15, -0.1) is 0 Å². The maximum Gasteiger partial charge on any atom is 0.416 e. The molecule has 4 rings (SSSR count). The highest BCUT2D eigenvalue weighted by atomic mass is 19.4. The quantitative estimate of drug-likeness (QED) is 0.624. The fourth-order valence-electron chi connectivity index (χ4n) is 3.79. The van der Waals surface area contributed by atoms with Gasteiger partial charge in [-0.05, 0) is 49.9 Å². The number of imidazole rings is 1. The van der Waals surface area contributed by atoms with E-state index in [0.717, 1.165) is 50.4 Å². The number of nitrogens with zero attached hydrogens (tertiary/aromatic N) is 4. The molecule has 1 aromatic heterocycles. The first-order valence-electron chi connectivity index (χ1n) is 10.7. The predicted octanol–water partition coefficient (Wildman–Crippen LogP) is 4.20. The van der Waals surface area contributed by atoms with Gasteiger partial charge in [0, 0.05) is 55.9 Å². The summed E-state index contributed by atoms with van der Waals surface area (Å²) in [4.78, 5) is 21.4. The molecule has 1 aliphatic rings. The molecule has 0 saturated carbocycles. The lowest BCUT2D eigenvalue weighted by Crippen LogP contribution is -2.43. The first-order chi connectivity index (χ1) is 15.7. The van der Waals surface area contributed by atoms with Crippen molar-refractivity contribution in [2.24, 2.45) is 0 Å². The average Bonchev–Trinajstić information content (AvgIpc) is 3.21. The molecule has 2 aromatic carbocycles. The van der Waals surface area contributed by atoms with Crippen LogP contribution in [0.1, 0.15) is 27.2 Å². The Kier molecular flexibility index (Phi) is 6.53. The third kappa shape index (κ3) is 5.80. The molecule has 33 heavy (non-hydrogen) atoms. The molecule has 1 N–H and O–H groups in total. The van der Waals surface area contributed by atoms with Crippen LogP contribution < -0.4 is 5.32 Å². The second kappa shape index (κ2) is 9.36. The number of alkyl halides is 3. The number of benzene rings is 2. The highest BCUT2D eigenvalue weighted by Gasteiger charge is 2.31. The molecule has 6 nitrogen and oxygen atoms in total. The number of carbonyl (C=O) groups excluding carboxylic acids is 1. The third-order valence-corrected chi connectivity index (χ3v) is 5.73. The van der Waals surface area contributed by atoms with Crippen molar-refractivity contribution in [2.75, 3.05) is 38.5 Å². The van der Waals surface area contributed by atoms with Gasteiger partial charge in [-0.2, -0.15) is 13.2 Å². The van der Waals surface area contributed by atoms with Gasteiger partial charge in [0.05, 0.1) is 17.6 Å². The van der Waals surface area contributed by atoms with E-state index < -0.39 is 17.6 Å². The minimum Gasteiger partial charge on any atom is -0.322 e. The van der Waals surface area contributed by atoms with Crippen LogP contribution in [0.15, 0.2) is 55.0 Å². The van der Waals surface area contributed by atoms with E-state index in [-0.39, 0.29) is 11.4 Å². The molecule has 1 saturated heterocycles. The van der Waals surface area contributed by atoms with Crippen LogP contribution in [0.3, 0.4) is 0 Å². The number of carbonyl (C=O) groups is 1. The van der Waals surface area contributed by atoms with E-state index in [0.29, 0.717) is 11.3 Å². The van der Waals surface area contributed by atoms with Gasteiger partial charge in [-0.3, -0.25) is 9.69 Å². The Balaban J connectivity index is 1.49. The number of anilines is 1. The fraction of sp³-hybridized carbons (Fsp3) is 0.333. The highest BCUT2D eigenvalue weighted by molar-refractivity contribution is 6.04. The van der Waals surface area contributed by atoms with Crippen LogP contribution in [-0.4, -0.2) is 58.5 Å². The second-order valence-corrected chi connectivity index (χ2v) is 8.42. The van der Waals surface area contributed by atoms with Crippen LogP contribution in [0.4, 0.5) is 18.9 Å². The third-order valence-electron chi connectivity index (χ3n) is 5.73.